The number of alkyl halides is 2. The Labute approximate surface area is 185 Å². The second kappa shape index (κ2) is 8.78. The Morgan fingerprint density at radius 2 is 1.74 bits per heavy atom. The number of hydrogen-bond donors (Lipinski definition) is 1. The number of benzene rings is 1. The van der Waals surface area contributed by atoms with Crippen molar-refractivity contribution in [1.82, 2.24) is 4.98 Å². The predicted octanol–water partition coefficient (Wildman–Crippen LogP) is 4.95. The topological polar surface area (TPSA) is 76.1 Å². The van der Waals surface area contributed by atoms with Crippen LogP contribution in [0.2, 0.25) is 0 Å². The Kier molecular flexibility index (Phi) is 6.67. The molecule has 1 heterocycles. The molecule has 1 fully saturated rings. The smallest absolute Gasteiger partial charge is 0.257 e. The highest BCUT2D eigenvalue weighted by molar-refractivity contribution is 7.90. The SMILES string of the molecule is CC(C)(C)c1csc(NC(=O)C(=CC2C[C@@H](F)[C@@H](F)C2)c2ccc(S(C)(=O)=O)cc2)n1. The van der Waals surface area contributed by atoms with Crippen molar-refractivity contribution in [2.24, 2.45) is 5.92 Å². The molecule has 1 aromatic heterocycles. The van der Waals surface area contributed by atoms with Crippen LogP contribution in [0, 0.1) is 5.92 Å². The Bertz CT molecular complexity index is 1080. The number of allylic oxidation sites excluding steroid dienone is 1. The van der Waals surface area contributed by atoms with E-state index in [9.17, 15) is 22.0 Å². The van der Waals surface area contributed by atoms with Gasteiger partial charge in [0.25, 0.3) is 5.91 Å². The molecule has 2 aromatic rings. The van der Waals surface area contributed by atoms with Gasteiger partial charge in [0.15, 0.2) is 15.0 Å². The molecular weight excluding hydrogens is 442 g/mol. The normalized spacial score (nSPS) is 22.5. The molecule has 0 aliphatic heterocycles. The van der Waals surface area contributed by atoms with Gasteiger partial charge in [0.05, 0.1) is 10.6 Å². The zero-order chi connectivity index (χ0) is 23.0. The quantitative estimate of drug-likeness (QED) is 0.630. The number of nitrogens with one attached hydrogen (secondary N) is 1. The number of aromatic nitrogens is 1. The number of halogens is 2. The molecule has 3 rings (SSSR count). The van der Waals surface area contributed by atoms with E-state index in [1.54, 1.807) is 6.08 Å². The number of sulfone groups is 1. The summed E-state index contributed by atoms with van der Waals surface area (Å²) in [5, 5.41) is 5.06. The molecule has 0 bridgehead atoms. The van der Waals surface area contributed by atoms with E-state index >= 15 is 0 Å². The second-order valence-corrected chi connectivity index (χ2v) is 11.8. The fourth-order valence-electron chi connectivity index (χ4n) is 3.37. The van der Waals surface area contributed by atoms with Gasteiger partial charge in [-0.05, 0) is 36.5 Å². The fourth-order valence-corrected chi connectivity index (χ4v) is 4.93. The summed E-state index contributed by atoms with van der Waals surface area (Å²) in [6, 6.07) is 5.88. The van der Waals surface area contributed by atoms with E-state index < -0.39 is 34.0 Å². The van der Waals surface area contributed by atoms with E-state index in [-0.39, 0.29) is 28.7 Å². The third-order valence-electron chi connectivity index (χ3n) is 5.18. The van der Waals surface area contributed by atoms with Crippen molar-refractivity contribution >= 4 is 37.8 Å². The Morgan fingerprint density at radius 1 is 1.16 bits per heavy atom. The summed E-state index contributed by atoms with van der Waals surface area (Å²) in [5.41, 5.74) is 1.37. The van der Waals surface area contributed by atoms with Crippen molar-refractivity contribution in [2.75, 3.05) is 11.6 Å². The zero-order valence-electron chi connectivity index (χ0n) is 17.9. The molecule has 1 aliphatic rings. The van der Waals surface area contributed by atoms with E-state index in [0.29, 0.717) is 10.7 Å². The number of rotatable bonds is 5. The van der Waals surface area contributed by atoms with Crippen molar-refractivity contribution < 1.29 is 22.0 Å². The lowest BCUT2D eigenvalue weighted by Gasteiger charge is -2.14. The first-order valence-corrected chi connectivity index (χ1v) is 12.7. The lowest BCUT2D eigenvalue weighted by Crippen LogP contribution is -2.16. The van der Waals surface area contributed by atoms with Crippen LogP contribution in [0.15, 0.2) is 40.6 Å². The Hall–Kier alpha value is -2.13. The van der Waals surface area contributed by atoms with E-state index in [2.05, 4.69) is 10.3 Å². The lowest BCUT2D eigenvalue weighted by molar-refractivity contribution is -0.111. The largest absolute Gasteiger partial charge is 0.298 e. The van der Waals surface area contributed by atoms with Crippen molar-refractivity contribution in [3.63, 3.8) is 0 Å². The lowest BCUT2D eigenvalue weighted by atomic mass is 9.93. The molecule has 31 heavy (non-hydrogen) atoms. The highest BCUT2D eigenvalue weighted by Gasteiger charge is 2.34. The van der Waals surface area contributed by atoms with Gasteiger partial charge in [-0.3, -0.25) is 10.1 Å². The molecule has 0 radical (unpaired) electrons. The van der Waals surface area contributed by atoms with Gasteiger partial charge in [-0.1, -0.05) is 39.0 Å². The summed E-state index contributed by atoms with van der Waals surface area (Å²) in [5.74, 6) is -0.888. The maximum atomic E-state index is 13.7. The van der Waals surface area contributed by atoms with Crippen LogP contribution < -0.4 is 5.32 Å². The van der Waals surface area contributed by atoms with Crippen molar-refractivity contribution in [1.29, 1.82) is 0 Å². The van der Waals surface area contributed by atoms with E-state index in [1.807, 2.05) is 26.2 Å². The minimum Gasteiger partial charge on any atom is -0.298 e. The monoisotopic (exact) mass is 468 g/mol. The Balaban J connectivity index is 1.92. The van der Waals surface area contributed by atoms with Gasteiger partial charge < -0.3 is 0 Å². The zero-order valence-corrected chi connectivity index (χ0v) is 19.5. The van der Waals surface area contributed by atoms with Gasteiger partial charge >= 0.3 is 0 Å². The molecular formula is C22H26F2N2O3S2. The first-order chi connectivity index (χ1) is 14.3. The average Bonchev–Trinajstić information content (AvgIpc) is 3.25. The molecule has 1 aliphatic carbocycles. The number of nitrogens with zero attached hydrogens (tertiary/aromatic N) is 1. The third kappa shape index (κ3) is 5.77. The Morgan fingerprint density at radius 3 is 2.23 bits per heavy atom. The molecule has 1 saturated carbocycles. The molecule has 9 heteroatoms. The number of hydrogen-bond acceptors (Lipinski definition) is 5. The number of carbonyl (C=O) groups is 1. The van der Waals surface area contributed by atoms with Gasteiger partial charge in [-0.25, -0.2) is 22.2 Å². The first kappa shape index (κ1) is 23.5. The highest BCUT2D eigenvalue weighted by Crippen LogP contribution is 2.34. The molecule has 1 aromatic carbocycles. The molecule has 1 unspecified atom stereocenters. The first-order valence-electron chi connectivity index (χ1n) is 9.92. The van der Waals surface area contributed by atoms with Crippen LogP contribution in [-0.4, -0.2) is 37.9 Å². The number of thiazole rings is 1. The highest BCUT2D eigenvalue weighted by atomic mass is 32.2. The van der Waals surface area contributed by atoms with Crippen LogP contribution in [-0.2, 0) is 20.0 Å². The van der Waals surface area contributed by atoms with E-state index in [0.717, 1.165) is 11.9 Å². The molecule has 1 N–H and O–H groups in total. The minimum absolute atomic E-state index is 0.00476. The molecule has 3 atom stereocenters. The van der Waals surface area contributed by atoms with Gasteiger partial charge in [0.2, 0.25) is 0 Å². The molecule has 0 saturated heterocycles. The van der Waals surface area contributed by atoms with Gasteiger partial charge in [-0.15, -0.1) is 11.3 Å². The summed E-state index contributed by atoms with van der Waals surface area (Å²) >= 11 is 1.30. The van der Waals surface area contributed by atoms with Crippen LogP contribution in [0.1, 0.15) is 44.9 Å². The molecule has 0 spiro atoms. The van der Waals surface area contributed by atoms with E-state index in [1.165, 1.54) is 35.6 Å². The average molecular weight is 469 g/mol. The van der Waals surface area contributed by atoms with Crippen molar-refractivity contribution in [2.45, 2.75) is 56.3 Å². The fraction of sp³-hybridized carbons (Fsp3) is 0.455. The van der Waals surface area contributed by atoms with Crippen LogP contribution in [0.25, 0.3) is 5.57 Å². The van der Waals surface area contributed by atoms with E-state index in [4.69, 9.17) is 0 Å². The molecule has 1 amide bonds. The van der Waals surface area contributed by atoms with Crippen LogP contribution in [0.5, 0.6) is 0 Å². The van der Waals surface area contributed by atoms with Gasteiger partial charge in [-0.2, -0.15) is 0 Å². The maximum absolute atomic E-state index is 13.7. The molecule has 5 nitrogen and oxygen atoms in total. The summed E-state index contributed by atoms with van der Waals surface area (Å²) in [6.07, 6.45) is -0.412. The number of carbonyl (C=O) groups excluding carboxylic acids is 1. The standard InChI is InChI=1S/C22H26F2N2O3S2/c1-22(2,3)19-12-30-21(25-19)26-20(27)16(9-13-10-17(23)18(24)11-13)14-5-7-15(8-6-14)31(4,28)29/h5-9,12-13,17-18H,10-11H2,1-4H3,(H,25,26,27)/t13?,17-,18+. The number of anilines is 1. The third-order valence-corrected chi connectivity index (χ3v) is 7.07. The summed E-state index contributed by atoms with van der Waals surface area (Å²) in [4.78, 5) is 17.7. The van der Waals surface area contributed by atoms with Gasteiger partial charge in [0, 0.05) is 22.6 Å². The second-order valence-electron chi connectivity index (χ2n) is 8.88. The van der Waals surface area contributed by atoms with Crippen molar-refractivity contribution in [3.8, 4) is 0 Å². The predicted molar refractivity (Wildman–Crippen MR) is 119 cm³/mol. The maximum Gasteiger partial charge on any atom is 0.257 e. The number of amides is 1. The minimum atomic E-state index is -3.39. The summed E-state index contributed by atoms with van der Waals surface area (Å²) in [6.45, 7) is 6.05. The van der Waals surface area contributed by atoms with Crippen molar-refractivity contribution in [3.05, 3.63) is 47.0 Å². The van der Waals surface area contributed by atoms with Crippen LogP contribution >= 0.6 is 11.3 Å². The van der Waals surface area contributed by atoms with Crippen LogP contribution in [0.4, 0.5) is 13.9 Å². The van der Waals surface area contributed by atoms with Crippen LogP contribution in [0.3, 0.4) is 0 Å². The van der Waals surface area contributed by atoms with Gasteiger partial charge in [0.1, 0.15) is 12.3 Å². The summed E-state index contributed by atoms with van der Waals surface area (Å²) < 4.78 is 50.9. The molecule has 168 valence electrons. The summed E-state index contributed by atoms with van der Waals surface area (Å²) in [7, 11) is -3.39.